The van der Waals surface area contributed by atoms with Crippen LogP contribution in [0.2, 0.25) is 0 Å². The van der Waals surface area contributed by atoms with Crippen molar-refractivity contribution in [2.75, 3.05) is 20.2 Å². The van der Waals surface area contributed by atoms with E-state index in [1.165, 1.54) is 0 Å². The van der Waals surface area contributed by atoms with Gasteiger partial charge in [0.15, 0.2) is 0 Å². The summed E-state index contributed by atoms with van der Waals surface area (Å²) >= 11 is 0. The largest absolute Gasteiger partial charge is 0.378 e. The van der Waals surface area contributed by atoms with Crippen molar-refractivity contribution >= 4 is 0 Å². The summed E-state index contributed by atoms with van der Waals surface area (Å²) in [4.78, 5) is 2.11. The van der Waals surface area contributed by atoms with Crippen molar-refractivity contribution in [2.45, 2.75) is 26.9 Å². The Hall–Kier alpha value is -0.500. The van der Waals surface area contributed by atoms with Gasteiger partial charge in [-0.05, 0) is 27.0 Å². The summed E-state index contributed by atoms with van der Waals surface area (Å²) in [5, 5.41) is 0. The minimum atomic E-state index is 0.342. The van der Waals surface area contributed by atoms with E-state index in [-0.39, 0.29) is 0 Å². The van der Waals surface area contributed by atoms with Gasteiger partial charge < -0.3 is 9.64 Å². The fourth-order valence-electron chi connectivity index (χ4n) is 0.761. The lowest BCUT2D eigenvalue weighted by molar-refractivity contribution is 0.0702. The number of hydrogen-bond acceptors (Lipinski definition) is 2. The molecule has 0 heterocycles. The molecular weight excluding hydrogens is 138 g/mol. The van der Waals surface area contributed by atoms with Crippen molar-refractivity contribution in [3.63, 3.8) is 0 Å². The van der Waals surface area contributed by atoms with E-state index in [0.717, 1.165) is 13.2 Å². The molecule has 0 aliphatic carbocycles. The Labute approximate surface area is 69.8 Å². The maximum absolute atomic E-state index is 5.38. The third-order valence-corrected chi connectivity index (χ3v) is 1.30. The third kappa shape index (κ3) is 7.40. The molecule has 0 spiro atoms. The highest BCUT2D eigenvalue weighted by Gasteiger charge is 1.93. The molecule has 0 bridgehead atoms. The molecule has 0 N–H and O–H groups in total. The summed E-state index contributed by atoms with van der Waals surface area (Å²) in [7, 11) is 2.05. The van der Waals surface area contributed by atoms with E-state index in [2.05, 4.69) is 18.7 Å². The van der Waals surface area contributed by atoms with Crippen LogP contribution in [0.4, 0.5) is 0 Å². The highest BCUT2D eigenvalue weighted by atomic mass is 16.5. The summed E-state index contributed by atoms with van der Waals surface area (Å²) in [5.41, 5.74) is 0. The maximum Gasteiger partial charge on any atom is 0.0644 e. The van der Waals surface area contributed by atoms with Gasteiger partial charge in [-0.25, -0.2) is 0 Å². The second kappa shape index (κ2) is 6.23. The van der Waals surface area contributed by atoms with Crippen LogP contribution in [-0.2, 0) is 4.74 Å². The fourth-order valence-corrected chi connectivity index (χ4v) is 0.761. The Morgan fingerprint density at radius 2 is 2.09 bits per heavy atom. The van der Waals surface area contributed by atoms with E-state index in [1.54, 1.807) is 0 Å². The number of allylic oxidation sites excluding steroid dienone is 1. The molecule has 11 heavy (non-hydrogen) atoms. The predicted molar refractivity (Wildman–Crippen MR) is 48.5 cm³/mol. The Balaban J connectivity index is 3.24. The first-order valence-corrected chi connectivity index (χ1v) is 4.11. The Morgan fingerprint density at radius 1 is 1.45 bits per heavy atom. The van der Waals surface area contributed by atoms with Gasteiger partial charge in [-0.3, -0.25) is 0 Å². The SMILES string of the molecule is CC=CN(C)CCOC(C)C. The van der Waals surface area contributed by atoms with Crippen molar-refractivity contribution < 1.29 is 4.74 Å². The second-order valence-corrected chi connectivity index (χ2v) is 2.88. The topological polar surface area (TPSA) is 12.5 Å². The van der Waals surface area contributed by atoms with Gasteiger partial charge in [0.05, 0.1) is 12.7 Å². The smallest absolute Gasteiger partial charge is 0.0644 e. The molecule has 0 radical (unpaired) electrons. The monoisotopic (exact) mass is 157 g/mol. The molecular formula is C9H19NO. The van der Waals surface area contributed by atoms with Crippen LogP contribution in [-0.4, -0.2) is 31.2 Å². The molecule has 0 amide bonds. The van der Waals surface area contributed by atoms with Gasteiger partial charge in [0, 0.05) is 13.6 Å². The van der Waals surface area contributed by atoms with Crippen LogP contribution in [0.3, 0.4) is 0 Å². The van der Waals surface area contributed by atoms with Gasteiger partial charge in [-0.15, -0.1) is 0 Å². The first-order chi connectivity index (χ1) is 5.16. The normalized spacial score (nSPS) is 11.4. The molecule has 2 nitrogen and oxygen atoms in total. The zero-order chi connectivity index (χ0) is 8.69. The number of likely N-dealkylation sites (N-methyl/N-ethyl adjacent to an activating group) is 1. The van der Waals surface area contributed by atoms with E-state index >= 15 is 0 Å². The van der Waals surface area contributed by atoms with E-state index < -0.39 is 0 Å². The zero-order valence-electron chi connectivity index (χ0n) is 8.00. The van der Waals surface area contributed by atoms with Crippen molar-refractivity contribution in [1.29, 1.82) is 0 Å². The minimum absolute atomic E-state index is 0.342. The van der Waals surface area contributed by atoms with Crippen LogP contribution in [0.1, 0.15) is 20.8 Å². The van der Waals surface area contributed by atoms with Gasteiger partial charge in [-0.1, -0.05) is 6.08 Å². The molecule has 0 atom stereocenters. The van der Waals surface area contributed by atoms with Gasteiger partial charge in [-0.2, -0.15) is 0 Å². The Kier molecular flexibility index (Phi) is 5.94. The Bertz CT molecular complexity index is 110. The molecule has 0 saturated carbocycles. The number of rotatable bonds is 5. The van der Waals surface area contributed by atoms with Crippen LogP contribution in [0.15, 0.2) is 12.3 Å². The van der Waals surface area contributed by atoms with Crippen molar-refractivity contribution in [2.24, 2.45) is 0 Å². The fraction of sp³-hybridized carbons (Fsp3) is 0.778. The summed E-state index contributed by atoms with van der Waals surface area (Å²) in [6.07, 6.45) is 4.41. The molecule has 0 fully saturated rings. The lowest BCUT2D eigenvalue weighted by Gasteiger charge is -2.14. The standard InChI is InChI=1S/C9H19NO/c1-5-6-10(4)7-8-11-9(2)3/h5-6,9H,7-8H2,1-4H3. The molecule has 0 aromatic carbocycles. The number of hydrogen-bond donors (Lipinski definition) is 0. The number of ether oxygens (including phenoxy) is 1. The van der Waals surface area contributed by atoms with Gasteiger partial charge >= 0.3 is 0 Å². The average Bonchev–Trinajstić information content (AvgIpc) is 1.87. The molecule has 0 saturated heterocycles. The quantitative estimate of drug-likeness (QED) is 0.604. The van der Waals surface area contributed by atoms with Crippen LogP contribution in [0, 0.1) is 0 Å². The number of nitrogens with zero attached hydrogens (tertiary/aromatic N) is 1. The molecule has 0 aromatic rings. The lowest BCUT2D eigenvalue weighted by atomic mass is 10.5. The molecule has 0 rings (SSSR count). The summed E-state index contributed by atoms with van der Waals surface area (Å²) in [6, 6.07) is 0. The zero-order valence-corrected chi connectivity index (χ0v) is 8.00. The highest BCUT2D eigenvalue weighted by Crippen LogP contribution is 1.89. The molecule has 2 heteroatoms. The van der Waals surface area contributed by atoms with Gasteiger partial charge in [0.1, 0.15) is 0 Å². The lowest BCUT2D eigenvalue weighted by Crippen LogP contribution is -2.19. The molecule has 0 unspecified atom stereocenters. The van der Waals surface area contributed by atoms with E-state index in [0.29, 0.717) is 6.10 Å². The predicted octanol–water partition coefficient (Wildman–Crippen LogP) is 1.88. The van der Waals surface area contributed by atoms with E-state index in [4.69, 9.17) is 4.74 Å². The summed E-state index contributed by atoms with van der Waals surface area (Å²) < 4.78 is 5.38. The molecule has 0 aromatic heterocycles. The summed E-state index contributed by atoms with van der Waals surface area (Å²) in [5.74, 6) is 0. The summed E-state index contributed by atoms with van der Waals surface area (Å²) in [6.45, 7) is 7.88. The van der Waals surface area contributed by atoms with Crippen LogP contribution < -0.4 is 0 Å². The molecule has 0 aliphatic rings. The highest BCUT2D eigenvalue weighted by molar-refractivity contribution is 4.75. The second-order valence-electron chi connectivity index (χ2n) is 2.88. The van der Waals surface area contributed by atoms with Crippen molar-refractivity contribution in [1.82, 2.24) is 4.90 Å². The van der Waals surface area contributed by atoms with Crippen LogP contribution in [0.25, 0.3) is 0 Å². The first-order valence-electron chi connectivity index (χ1n) is 4.11. The van der Waals surface area contributed by atoms with Crippen molar-refractivity contribution in [3.05, 3.63) is 12.3 Å². The van der Waals surface area contributed by atoms with Crippen molar-refractivity contribution in [3.8, 4) is 0 Å². The minimum Gasteiger partial charge on any atom is -0.378 e. The molecule has 66 valence electrons. The van der Waals surface area contributed by atoms with E-state index in [1.807, 2.05) is 26.2 Å². The van der Waals surface area contributed by atoms with Crippen LogP contribution >= 0.6 is 0 Å². The van der Waals surface area contributed by atoms with Gasteiger partial charge in [0.2, 0.25) is 0 Å². The Morgan fingerprint density at radius 3 is 2.55 bits per heavy atom. The molecule has 0 aliphatic heterocycles. The maximum atomic E-state index is 5.38. The average molecular weight is 157 g/mol. The van der Waals surface area contributed by atoms with Gasteiger partial charge in [0.25, 0.3) is 0 Å². The van der Waals surface area contributed by atoms with Crippen LogP contribution in [0.5, 0.6) is 0 Å². The third-order valence-electron chi connectivity index (χ3n) is 1.30. The first kappa shape index (κ1) is 10.5. The van der Waals surface area contributed by atoms with E-state index in [9.17, 15) is 0 Å².